The van der Waals surface area contributed by atoms with Gasteiger partial charge in [0.1, 0.15) is 0 Å². The highest BCUT2D eigenvalue weighted by Crippen LogP contribution is 2.21. The molecule has 1 aromatic rings. The van der Waals surface area contributed by atoms with E-state index in [4.69, 9.17) is 0 Å². The quantitative estimate of drug-likeness (QED) is 0.814. The number of rotatable bonds is 6. The van der Waals surface area contributed by atoms with E-state index in [1.54, 1.807) is 0 Å². The highest BCUT2D eigenvalue weighted by molar-refractivity contribution is 5.47. The lowest BCUT2D eigenvalue weighted by molar-refractivity contribution is 0.173. The number of aliphatic hydroxyl groups excluding tert-OH is 1. The first-order chi connectivity index (χ1) is 8.08. The second kappa shape index (κ2) is 6.65. The van der Waals surface area contributed by atoms with Crippen LogP contribution in [-0.4, -0.2) is 18.7 Å². The molecule has 0 heterocycles. The van der Waals surface area contributed by atoms with Crippen molar-refractivity contribution in [3.8, 4) is 0 Å². The third-order valence-corrected chi connectivity index (χ3v) is 3.39. The van der Waals surface area contributed by atoms with Crippen LogP contribution in [0.5, 0.6) is 0 Å². The third kappa shape index (κ3) is 4.04. The van der Waals surface area contributed by atoms with Crippen LogP contribution in [0.15, 0.2) is 24.3 Å². The second-order valence-corrected chi connectivity index (χ2v) is 4.91. The minimum Gasteiger partial charge on any atom is -0.388 e. The molecule has 0 amide bonds. The largest absolute Gasteiger partial charge is 0.388 e. The molecule has 0 fully saturated rings. The summed E-state index contributed by atoms with van der Waals surface area (Å²) in [5, 5.41) is 9.73. The maximum Gasteiger partial charge on any atom is 0.0787 e. The zero-order chi connectivity index (χ0) is 12.8. The van der Waals surface area contributed by atoms with Gasteiger partial charge in [0, 0.05) is 19.3 Å². The molecule has 0 saturated heterocycles. The molecule has 0 spiro atoms. The molecule has 96 valence electrons. The summed E-state index contributed by atoms with van der Waals surface area (Å²) in [6.07, 6.45) is 1.64. The Morgan fingerprint density at radius 3 is 2.18 bits per heavy atom. The first kappa shape index (κ1) is 14.0. The maximum atomic E-state index is 9.73. The summed E-state index contributed by atoms with van der Waals surface area (Å²) >= 11 is 0. The van der Waals surface area contributed by atoms with E-state index in [1.165, 1.54) is 12.1 Å². The van der Waals surface area contributed by atoms with Crippen LogP contribution in [-0.2, 0) is 0 Å². The van der Waals surface area contributed by atoms with Gasteiger partial charge in [-0.05, 0) is 30.0 Å². The zero-order valence-electron chi connectivity index (χ0n) is 11.5. The lowest BCUT2D eigenvalue weighted by atomic mass is 10.1. The minimum absolute atomic E-state index is 0.330. The summed E-state index contributed by atoms with van der Waals surface area (Å²) < 4.78 is 0. The molecule has 1 unspecified atom stereocenters. The molecule has 1 rings (SSSR count). The van der Waals surface area contributed by atoms with E-state index < -0.39 is 0 Å². The van der Waals surface area contributed by atoms with Crippen molar-refractivity contribution in [2.24, 2.45) is 5.92 Å². The number of hydrogen-bond donors (Lipinski definition) is 1. The average molecular weight is 235 g/mol. The van der Waals surface area contributed by atoms with Crippen molar-refractivity contribution in [3.63, 3.8) is 0 Å². The third-order valence-electron chi connectivity index (χ3n) is 3.39. The highest BCUT2D eigenvalue weighted by Gasteiger charge is 2.07. The molecular formula is C15H25NO. The number of benzene rings is 1. The topological polar surface area (TPSA) is 23.5 Å². The molecule has 0 bridgehead atoms. The Morgan fingerprint density at radius 1 is 1.12 bits per heavy atom. The lowest BCUT2D eigenvalue weighted by Gasteiger charge is -2.23. The molecule has 0 aliphatic rings. The smallest absolute Gasteiger partial charge is 0.0787 e. The van der Waals surface area contributed by atoms with Gasteiger partial charge in [0.2, 0.25) is 0 Å². The van der Waals surface area contributed by atoms with Crippen molar-refractivity contribution in [2.45, 2.75) is 39.7 Å². The fourth-order valence-corrected chi connectivity index (χ4v) is 1.89. The first-order valence-electron chi connectivity index (χ1n) is 6.57. The molecule has 0 aliphatic heterocycles. The molecule has 2 atom stereocenters. The Morgan fingerprint density at radius 2 is 1.71 bits per heavy atom. The predicted octanol–water partition coefficient (Wildman–Crippen LogP) is 3.61. The van der Waals surface area contributed by atoms with Crippen molar-refractivity contribution >= 4 is 5.69 Å². The van der Waals surface area contributed by atoms with E-state index in [2.05, 4.69) is 37.9 Å². The van der Waals surface area contributed by atoms with Gasteiger partial charge in [-0.1, -0.05) is 39.3 Å². The summed E-state index contributed by atoms with van der Waals surface area (Å²) in [6, 6.07) is 8.24. The molecule has 1 aromatic carbocycles. The van der Waals surface area contributed by atoms with Crippen molar-refractivity contribution < 1.29 is 5.11 Å². The summed E-state index contributed by atoms with van der Waals surface area (Å²) in [5.74, 6) is 0.709. The fraction of sp³-hybridized carbons (Fsp3) is 0.600. The Balaban J connectivity index is 2.66. The fourth-order valence-electron chi connectivity index (χ4n) is 1.89. The summed E-state index contributed by atoms with van der Waals surface area (Å²) in [7, 11) is 2.12. The van der Waals surface area contributed by atoms with Gasteiger partial charge in [0.25, 0.3) is 0 Å². The van der Waals surface area contributed by atoms with E-state index in [1.807, 2.05) is 19.1 Å². The summed E-state index contributed by atoms with van der Waals surface area (Å²) in [5.41, 5.74) is 2.23. The van der Waals surface area contributed by atoms with Crippen LogP contribution in [0.3, 0.4) is 0 Å². The Labute approximate surface area is 105 Å². The van der Waals surface area contributed by atoms with Crippen LogP contribution in [0.4, 0.5) is 5.69 Å². The Kier molecular flexibility index (Phi) is 5.49. The van der Waals surface area contributed by atoms with Crippen LogP contribution in [0.2, 0.25) is 0 Å². The number of anilines is 1. The number of nitrogens with zero attached hydrogens (tertiary/aromatic N) is 1. The highest BCUT2D eigenvalue weighted by atomic mass is 16.3. The van der Waals surface area contributed by atoms with Crippen LogP contribution in [0.25, 0.3) is 0 Å². The molecule has 0 aromatic heterocycles. The Hall–Kier alpha value is -1.02. The first-order valence-corrected chi connectivity index (χ1v) is 6.57. The normalized spacial score (nSPS) is 14.4. The van der Waals surface area contributed by atoms with E-state index >= 15 is 0 Å². The standard InChI is InChI=1S/C15H25NO/c1-5-12(3)11-16(4)14-9-7-13(8-10-14)15(17)6-2/h7-10,12,15,17H,5-6,11H2,1-4H3/t12?,15-/m0/s1. The molecule has 2 heteroatoms. The van der Waals surface area contributed by atoms with Gasteiger partial charge in [-0.2, -0.15) is 0 Å². The average Bonchev–Trinajstić information content (AvgIpc) is 2.37. The van der Waals surface area contributed by atoms with E-state index in [0.717, 1.165) is 18.5 Å². The molecule has 0 saturated carbocycles. The molecule has 1 N–H and O–H groups in total. The van der Waals surface area contributed by atoms with Gasteiger partial charge < -0.3 is 10.0 Å². The zero-order valence-corrected chi connectivity index (χ0v) is 11.5. The van der Waals surface area contributed by atoms with Gasteiger partial charge in [-0.15, -0.1) is 0 Å². The molecule has 2 nitrogen and oxygen atoms in total. The van der Waals surface area contributed by atoms with Crippen molar-refractivity contribution in [1.29, 1.82) is 0 Å². The lowest BCUT2D eigenvalue weighted by Crippen LogP contribution is -2.23. The van der Waals surface area contributed by atoms with Crippen molar-refractivity contribution in [2.75, 3.05) is 18.5 Å². The monoisotopic (exact) mass is 235 g/mol. The van der Waals surface area contributed by atoms with Gasteiger partial charge in [0.05, 0.1) is 6.10 Å². The van der Waals surface area contributed by atoms with Crippen LogP contribution >= 0.6 is 0 Å². The van der Waals surface area contributed by atoms with E-state index in [-0.39, 0.29) is 6.10 Å². The van der Waals surface area contributed by atoms with Crippen LogP contribution < -0.4 is 4.90 Å². The minimum atomic E-state index is -0.330. The van der Waals surface area contributed by atoms with Crippen LogP contribution in [0, 0.1) is 5.92 Å². The number of hydrogen-bond acceptors (Lipinski definition) is 2. The molecular weight excluding hydrogens is 210 g/mol. The van der Waals surface area contributed by atoms with Gasteiger partial charge in [-0.3, -0.25) is 0 Å². The SMILES string of the molecule is CCC(C)CN(C)c1ccc([C@@H](O)CC)cc1. The van der Waals surface area contributed by atoms with E-state index in [0.29, 0.717) is 5.92 Å². The second-order valence-electron chi connectivity index (χ2n) is 4.91. The summed E-state index contributed by atoms with van der Waals surface area (Å²) in [6.45, 7) is 7.56. The van der Waals surface area contributed by atoms with Gasteiger partial charge >= 0.3 is 0 Å². The maximum absolute atomic E-state index is 9.73. The summed E-state index contributed by atoms with van der Waals surface area (Å²) in [4.78, 5) is 2.27. The molecule has 0 radical (unpaired) electrons. The predicted molar refractivity (Wildman–Crippen MR) is 74.4 cm³/mol. The van der Waals surface area contributed by atoms with E-state index in [9.17, 15) is 5.11 Å². The van der Waals surface area contributed by atoms with Crippen molar-refractivity contribution in [1.82, 2.24) is 0 Å². The van der Waals surface area contributed by atoms with Gasteiger partial charge in [-0.25, -0.2) is 0 Å². The van der Waals surface area contributed by atoms with Gasteiger partial charge in [0.15, 0.2) is 0 Å². The molecule has 0 aliphatic carbocycles. The van der Waals surface area contributed by atoms with Crippen molar-refractivity contribution in [3.05, 3.63) is 29.8 Å². The number of aliphatic hydroxyl groups is 1. The Bertz CT molecular complexity index is 320. The molecule has 17 heavy (non-hydrogen) atoms. The van der Waals surface area contributed by atoms with Crippen LogP contribution in [0.1, 0.15) is 45.3 Å².